The van der Waals surface area contributed by atoms with Crippen LogP contribution >= 0.6 is 15.9 Å². The summed E-state index contributed by atoms with van der Waals surface area (Å²) in [5.41, 5.74) is 5.20. The van der Waals surface area contributed by atoms with Crippen molar-refractivity contribution in [3.63, 3.8) is 0 Å². The Morgan fingerprint density at radius 1 is 1.07 bits per heavy atom. The van der Waals surface area contributed by atoms with Crippen LogP contribution < -0.4 is 4.74 Å². The van der Waals surface area contributed by atoms with Crippen molar-refractivity contribution in [3.05, 3.63) is 99.7 Å². The molecule has 0 spiro atoms. The summed E-state index contributed by atoms with van der Waals surface area (Å²) < 4.78 is 6.46. The normalized spacial score (nSPS) is 15.8. The Morgan fingerprint density at radius 3 is 2.57 bits per heavy atom. The number of aromatic nitrogens is 1. The van der Waals surface area contributed by atoms with Crippen LogP contribution in [-0.2, 0) is 6.42 Å². The highest BCUT2D eigenvalue weighted by atomic mass is 79.9. The maximum absolute atomic E-state index is 13.5. The van der Waals surface area contributed by atoms with Crippen LogP contribution in [0.5, 0.6) is 5.75 Å². The van der Waals surface area contributed by atoms with Crippen molar-refractivity contribution in [2.75, 3.05) is 13.7 Å². The Kier molecular flexibility index (Phi) is 4.83. The molecule has 0 aliphatic carbocycles. The Balaban J connectivity index is 1.67. The first kappa shape index (κ1) is 18.9. The van der Waals surface area contributed by atoms with Gasteiger partial charge < -0.3 is 14.6 Å². The molecular weight excluding hydrogens is 440 g/mol. The number of hydrogen-bond acceptors (Lipinski definition) is 2. The number of methoxy groups -OCH3 is 1. The number of amides is 1. The van der Waals surface area contributed by atoms with Gasteiger partial charge >= 0.3 is 0 Å². The van der Waals surface area contributed by atoms with Gasteiger partial charge in [0.05, 0.1) is 13.2 Å². The number of halogens is 1. The summed E-state index contributed by atoms with van der Waals surface area (Å²) >= 11 is 3.52. The third kappa shape index (κ3) is 3.19. The van der Waals surface area contributed by atoms with Gasteiger partial charge in [-0.1, -0.05) is 46.3 Å². The molecule has 1 amide bonds. The molecule has 30 heavy (non-hydrogen) atoms. The van der Waals surface area contributed by atoms with E-state index < -0.39 is 0 Å². The number of ether oxygens (including phenoxy) is 1. The Bertz CT molecular complexity index is 1220. The van der Waals surface area contributed by atoms with E-state index >= 15 is 0 Å². The molecule has 0 fully saturated rings. The number of nitrogens with one attached hydrogen (secondary N) is 1. The van der Waals surface area contributed by atoms with Gasteiger partial charge in [-0.25, -0.2) is 0 Å². The monoisotopic (exact) mass is 460 g/mol. The number of nitrogens with zero attached hydrogens (tertiary/aromatic N) is 1. The van der Waals surface area contributed by atoms with E-state index in [4.69, 9.17) is 4.74 Å². The molecule has 1 N–H and O–H groups in total. The fraction of sp³-hybridized carbons (Fsp3) is 0.160. The van der Waals surface area contributed by atoms with Crippen LogP contribution in [0.2, 0.25) is 0 Å². The van der Waals surface area contributed by atoms with E-state index in [-0.39, 0.29) is 11.9 Å². The molecule has 1 unspecified atom stereocenters. The molecule has 5 rings (SSSR count). The Morgan fingerprint density at radius 2 is 1.83 bits per heavy atom. The van der Waals surface area contributed by atoms with Crippen molar-refractivity contribution in [2.45, 2.75) is 12.5 Å². The van der Waals surface area contributed by atoms with Crippen molar-refractivity contribution < 1.29 is 9.53 Å². The maximum atomic E-state index is 13.5. The lowest BCUT2D eigenvalue weighted by Gasteiger charge is -2.36. The van der Waals surface area contributed by atoms with Gasteiger partial charge in [-0.05, 0) is 60.0 Å². The second kappa shape index (κ2) is 7.65. The van der Waals surface area contributed by atoms with Crippen LogP contribution in [0.3, 0.4) is 0 Å². The van der Waals surface area contributed by atoms with Crippen LogP contribution in [0.4, 0.5) is 0 Å². The van der Waals surface area contributed by atoms with Crippen LogP contribution in [0, 0.1) is 0 Å². The van der Waals surface area contributed by atoms with Gasteiger partial charge in [-0.3, -0.25) is 4.79 Å². The number of benzene rings is 3. The van der Waals surface area contributed by atoms with E-state index in [9.17, 15) is 4.79 Å². The number of rotatable bonds is 3. The molecule has 1 aliphatic rings. The number of H-pyrrole nitrogens is 1. The molecule has 0 bridgehead atoms. The van der Waals surface area contributed by atoms with Gasteiger partial charge in [0.15, 0.2) is 0 Å². The van der Waals surface area contributed by atoms with Crippen LogP contribution in [0.1, 0.15) is 33.2 Å². The Hall–Kier alpha value is -3.05. The number of carbonyl (C=O) groups is 1. The van der Waals surface area contributed by atoms with E-state index in [2.05, 4.69) is 45.2 Å². The summed E-state index contributed by atoms with van der Waals surface area (Å²) in [7, 11) is 1.69. The first-order valence-corrected chi connectivity index (χ1v) is 10.7. The lowest BCUT2D eigenvalue weighted by Crippen LogP contribution is -2.40. The molecule has 4 nitrogen and oxygen atoms in total. The zero-order chi connectivity index (χ0) is 20.7. The van der Waals surface area contributed by atoms with Crippen molar-refractivity contribution in [3.8, 4) is 5.75 Å². The maximum Gasteiger partial charge on any atom is 0.254 e. The molecule has 1 aliphatic heterocycles. The molecule has 0 saturated carbocycles. The lowest BCUT2D eigenvalue weighted by molar-refractivity contribution is 0.0692. The number of fused-ring (bicyclic) bond motifs is 3. The average molecular weight is 461 g/mol. The molecular formula is C25H21BrN2O2. The smallest absolute Gasteiger partial charge is 0.254 e. The molecule has 3 aromatic carbocycles. The van der Waals surface area contributed by atoms with Gasteiger partial charge in [0, 0.05) is 33.2 Å². The van der Waals surface area contributed by atoms with Gasteiger partial charge in [0.2, 0.25) is 0 Å². The molecule has 2 heterocycles. The lowest BCUT2D eigenvalue weighted by atomic mass is 9.91. The van der Waals surface area contributed by atoms with Crippen LogP contribution in [-0.4, -0.2) is 29.4 Å². The zero-order valence-corrected chi connectivity index (χ0v) is 18.1. The summed E-state index contributed by atoms with van der Waals surface area (Å²) in [6.07, 6.45) is 0.800. The largest absolute Gasteiger partial charge is 0.497 e. The second-order valence-corrected chi connectivity index (χ2v) is 8.41. The fourth-order valence-corrected chi connectivity index (χ4v) is 4.62. The minimum atomic E-state index is -0.173. The second-order valence-electron chi connectivity index (χ2n) is 7.50. The third-order valence-electron chi connectivity index (χ3n) is 5.80. The van der Waals surface area contributed by atoms with E-state index in [1.807, 2.05) is 53.4 Å². The average Bonchev–Trinajstić information content (AvgIpc) is 3.17. The standard InChI is InChI=1S/C25H21BrN2O2/c1-30-19-11-12-22-21(15-19)20-13-14-28(25(29)17-5-3-2-4-6-17)24(23(20)27-22)16-7-9-18(26)10-8-16/h2-12,15,24,27H,13-14H2,1H3. The highest BCUT2D eigenvalue weighted by molar-refractivity contribution is 9.10. The molecule has 0 radical (unpaired) electrons. The van der Waals surface area contributed by atoms with Crippen LogP contribution in [0.15, 0.2) is 77.3 Å². The quantitative estimate of drug-likeness (QED) is 0.424. The minimum absolute atomic E-state index is 0.0467. The molecule has 150 valence electrons. The third-order valence-corrected chi connectivity index (χ3v) is 6.33. The number of carbonyl (C=O) groups excluding carboxylic acids is 1. The van der Waals surface area contributed by atoms with Gasteiger partial charge in [0.25, 0.3) is 5.91 Å². The number of hydrogen-bond donors (Lipinski definition) is 1. The predicted octanol–water partition coefficient (Wildman–Crippen LogP) is 5.73. The van der Waals surface area contributed by atoms with E-state index in [0.29, 0.717) is 12.1 Å². The fourth-order valence-electron chi connectivity index (χ4n) is 4.35. The van der Waals surface area contributed by atoms with Gasteiger partial charge in [-0.2, -0.15) is 0 Å². The summed E-state index contributed by atoms with van der Waals surface area (Å²) in [4.78, 5) is 19.0. The van der Waals surface area contributed by atoms with E-state index in [0.717, 1.165) is 33.4 Å². The Labute approximate surface area is 183 Å². The van der Waals surface area contributed by atoms with Crippen molar-refractivity contribution in [1.29, 1.82) is 0 Å². The summed E-state index contributed by atoms with van der Waals surface area (Å²) in [5, 5.41) is 1.17. The van der Waals surface area contributed by atoms with Gasteiger partial charge in [-0.15, -0.1) is 0 Å². The highest BCUT2D eigenvalue weighted by Gasteiger charge is 2.35. The first-order valence-electron chi connectivity index (χ1n) is 9.95. The predicted molar refractivity (Wildman–Crippen MR) is 122 cm³/mol. The molecule has 0 saturated heterocycles. The zero-order valence-electron chi connectivity index (χ0n) is 16.6. The summed E-state index contributed by atoms with van der Waals surface area (Å²) in [5.74, 6) is 0.887. The minimum Gasteiger partial charge on any atom is -0.497 e. The van der Waals surface area contributed by atoms with Crippen molar-refractivity contribution >= 4 is 32.7 Å². The molecule has 1 atom stereocenters. The van der Waals surface area contributed by atoms with E-state index in [1.54, 1.807) is 7.11 Å². The SMILES string of the molecule is COc1ccc2[nH]c3c(c2c1)CCN(C(=O)c1ccccc1)C3c1ccc(Br)cc1. The van der Waals surface area contributed by atoms with E-state index in [1.165, 1.54) is 10.9 Å². The number of aromatic amines is 1. The van der Waals surface area contributed by atoms with Gasteiger partial charge in [0.1, 0.15) is 5.75 Å². The highest BCUT2D eigenvalue weighted by Crippen LogP contribution is 2.40. The summed E-state index contributed by atoms with van der Waals surface area (Å²) in [6, 6.07) is 23.7. The summed E-state index contributed by atoms with van der Waals surface area (Å²) in [6.45, 7) is 0.658. The van der Waals surface area contributed by atoms with Crippen molar-refractivity contribution in [1.82, 2.24) is 9.88 Å². The topological polar surface area (TPSA) is 45.3 Å². The van der Waals surface area contributed by atoms with Crippen LogP contribution in [0.25, 0.3) is 10.9 Å². The molecule has 4 aromatic rings. The molecule has 1 aromatic heterocycles. The first-order chi connectivity index (χ1) is 14.7. The molecule has 5 heteroatoms. The van der Waals surface area contributed by atoms with Crippen molar-refractivity contribution in [2.24, 2.45) is 0 Å².